The number of nitrogens with zero attached hydrogens (tertiary/aromatic N) is 2. The zero-order chi connectivity index (χ0) is 14.1. The second-order valence-electron chi connectivity index (χ2n) is 5.17. The van der Waals surface area contributed by atoms with Crippen molar-refractivity contribution in [1.82, 2.24) is 9.97 Å². The van der Waals surface area contributed by atoms with Gasteiger partial charge in [-0.15, -0.1) is 0 Å². The highest BCUT2D eigenvalue weighted by atomic mass is 16.5. The fourth-order valence-electron chi connectivity index (χ4n) is 1.61. The topological polar surface area (TPSA) is 47.0 Å². The Morgan fingerprint density at radius 1 is 1.26 bits per heavy atom. The first kappa shape index (κ1) is 15.7. The number of ether oxygens (including phenoxy) is 1. The first-order chi connectivity index (χ1) is 9.15. The van der Waals surface area contributed by atoms with E-state index in [1.54, 1.807) is 0 Å². The smallest absolute Gasteiger partial charge is 0.218 e. The van der Waals surface area contributed by atoms with Crippen molar-refractivity contribution in [3.63, 3.8) is 0 Å². The summed E-state index contributed by atoms with van der Waals surface area (Å²) in [5.41, 5.74) is 0. The Kier molecular flexibility index (Phi) is 7.23. The van der Waals surface area contributed by atoms with Gasteiger partial charge < -0.3 is 10.1 Å². The van der Waals surface area contributed by atoms with E-state index in [0.717, 1.165) is 50.5 Å². The number of rotatable bonds is 9. The van der Waals surface area contributed by atoms with Crippen molar-refractivity contribution in [2.24, 2.45) is 5.92 Å². The molecule has 0 saturated heterocycles. The number of nitrogens with one attached hydrogen (secondary N) is 1. The molecule has 4 nitrogen and oxygen atoms in total. The summed E-state index contributed by atoms with van der Waals surface area (Å²) in [6.07, 6.45) is 4.15. The molecule has 1 N–H and O–H groups in total. The standard InChI is InChI=1S/C15H27N3O/c1-5-7-10-19-15-11-14(16-9-8-12(3)4)17-13(6-2)18-15/h11-12H,5-10H2,1-4H3,(H,16,17,18). The van der Waals surface area contributed by atoms with Crippen molar-refractivity contribution < 1.29 is 4.74 Å². The van der Waals surface area contributed by atoms with E-state index in [1.807, 2.05) is 6.07 Å². The van der Waals surface area contributed by atoms with Crippen LogP contribution in [0.3, 0.4) is 0 Å². The van der Waals surface area contributed by atoms with Gasteiger partial charge in [-0.1, -0.05) is 34.1 Å². The SMILES string of the molecule is CCCCOc1cc(NCCC(C)C)nc(CC)n1. The van der Waals surface area contributed by atoms with Crippen LogP contribution in [0.25, 0.3) is 0 Å². The van der Waals surface area contributed by atoms with E-state index in [2.05, 4.69) is 43.0 Å². The minimum absolute atomic E-state index is 0.687. The van der Waals surface area contributed by atoms with E-state index in [-0.39, 0.29) is 0 Å². The minimum atomic E-state index is 0.687. The molecule has 0 fully saturated rings. The van der Waals surface area contributed by atoms with E-state index in [0.29, 0.717) is 11.8 Å². The second kappa shape index (κ2) is 8.73. The van der Waals surface area contributed by atoms with Gasteiger partial charge in [0.05, 0.1) is 6.61 Å². The monoisotopic (exact) mass is 265 g/mol. The Morgan fingerprint density at radius 2 is 2.05 bits per heavy atom. The van der Waals surface area contributed by atoms with E-state index >= 15 is 0 Å². The molecule has 19 heavy (non-hydrogen) atoms. The van der Waals surface area contributed by atoms with Gasteiger partial charge in [0.15, 0.2) is 0 Å². The van der Waals surface area contributed by atoms with Gasteiger partial charge in [-0.2, -0.15) is 4.98 Å². The van der Waals surface area contributed by atoms with Crippen LogP contribution in [-0.2, 0) is 6.42 Å². The van der Waals surface area contributed by atoms with Crippen LogP contribution in [0.15, 0.2) is 6.07 Å². The molecular formula is C15H27N3O. The van der Waals surface area contributed by atoms with Crippen LogP contribution in [0, 0.1) is 5.92 Å². The maximum absolute atomic E-state index is 5.67. The maximum atomic E-state index is 5.67. The summed E-state index contributed by atoms with van der Waals surface area (Å²) in [4.78, 5) is 8.87. The molecule has 4 heteroatoms. The van der Waals surface area contributed by atoms with Crippen molar-refractivity contribution in [3.8, 4) is 5.88 Å². The summed E-state index contributed by atoms with van der Waals surface area (Å²) in [7, 11) is 0. The molecule has 1 rings (SSSR count). The maximum Gasteiger partial charge on any atom is 0.218 e. The number of unbranched alkanes of at least 4 members (excludes halogenated alkanes) is 1. The average molecular weight is 265 g/mol. The predicted molar refractivity (Wildman–Crippen MR) is 79.8 cm³/mol. The highest BCUT2D eigenvalue weighted by Crippen LogP contribution is 2.15. The molecule has 0 saturated carbocycles. The zero-order valence-electron chi connectivity index (χ0n) is 12.7. The van der Waals surface area contributed by atoms with Crippen LogP contribution in [-0.4, -0.2) is 23.1 Å². The Hall–Kier alpha value is -1.32. The molecule has 1 aromatic heterocycles. The van der Waals surface area contributed by atoms with Crippen molar-refractivity contribution in [2.75, 3.05) is 18.5 Å². The van der Waals surface area contributed by atoms with Gasteiger partial charge in [0, 0.05) is 19.0 Å². The molecule has 0 aliphatic rings. The van der Waals surface area contributed by atoms with Gasteiger partial charge in [0.25, 0.3) is 0 Å². The van der Waals surface area contributed by atoms with E-state index in [4.69, 9.17) is 4.74 Å². The summed E-state index contributed by atoms with van der Waals surface area (Å²) in [6, 6.07) is 1.90. The van der Waals surface area contributed by atoms with Crippen molar-refractivity contribution >= 4 is 5.82 Å². The molecule has 1 aromatic rings. The molecule has 0 bridgehead atoms. The quantitative estimate of drug-likeness (QED) is 0.692. The zero-order valence-corrected chi connectivity index (χ0v) is 12.7. The Bertz CT molecular complexity index is 366. The van der Waals surface area contributed by atoms with Crippen LogP contribution in [0.1, 0.15) is 52.8 Å². The fourth-order valence-corrected chi connectivity index (χ4v) is 1.61. The lowest BCUT2D eigenvalue weighted by Crippen LogP contribution is -2.09. The third-order valence-electron chi connectivity index (χ3n) is 2.84. The van der Waals surface area contributed by atoms with E-state index < -0.39 is 0 Å². The summed E-state index contributed by atoms with van der Waals surface area (Å²) >= 11 is 0. The second-order valence-corrected chi connectivity index (χ2v) is 5.17. The molecule has 0 amide bonds. The van der Waals surface area contributed by atoms with Gasteiger partial charge in [0.1, 0.15) is 11.6 Å². The first-order valence-corrected chi connectivity index (χ1v) is 7.40. The van der Waals surface area contributed by atoms with Crippen molar-refractivity contribution in [2.45, 2.75) is 53.4 Å². The van der Waals surface area contributed by atoms with Crippen LogP contribution in [0.5, 0.6) is 5.88 Å². The van der Waals surface area contributed by atoms with Gasteiger partial charge in [-0.25, -0.2) is 4.98 Å². The van der Waals surface area contributed by atoms with E-state index in [9.17, 15) is 0 Å². The van der Waals surface area contributed by atoms with Gasteiger partial charge in [-0.3, -0.25) is 0 Å². The van der Waals surface area contributed by atoms with Gasteiger partial charge in [-0.05, 0) is 18.8 Å². The fraction of sp³-hybridized carbons (Fsp3) is 0.733. The Labute approximate surface area is 117 Å². The van der Waals surface area contributed by atoms with E-state index in [1.165, 1.54) is 0 Å². The molecule has 0 radical (unpaired) electrons. The first-order valence-electron chi connectivity index (χ1n) is 7.40. The number of hydrogen-bond acceptors (Lipinski definition) is 4. The molecule has 0 unspecified atom stereocenters. The highest BCUT2D eigenvalue weighted by molar-refractivity contribution is 5.38. The third kappa shape index (κ3) is 6.41. The molecule has 108 valence electrons. The third-order valence-corrected chi connectivity index (χ3v) is 2.84. The summed E-state index contributed by atoms with van der Waals surface area (Å²) in [5, 5.41) is 3.35. The number of aromatic nitrogens is 2. The average Bonchev–Trinajstić information content (AvgIpc) is 2.38. The predicted octanol–water partition coefficient (Wildman–Crippen LogP) is 3.68. The molecule has 0 aromatic carbocycles. The number of anilines is 1. The molecule has 0 atom stereocenters. The van der Waals surface area contributed by atoms with Crippen LogP contribution >= 0.6 is 0 Å². The molecule has 0 spiro atoms. The van der Waals surface area contributed by atoms with Crippen LogP contribution in [0.4, 0.5) is 5.82 Å². The molecule has 0 aliphatic carbocycles. The summed E-state index contributed by atoms with van der Waals surface area (Å²) in [6.45, 7) is 10.3. The lowest BCUT2D eigenvalue weighted by molar-refractivity contribution is 0.296. The lowest BCUT2D eigenvalue weighted by atomic mass is 10.1. The van der Waals surface area contributed by atoms with Crippen molar-refractivity contribution in [1.29, 1.82) is 0 Å². The molecule has 1 heterocycles. The Balaban J connectivity index is 2.60. The number of hydrogen-bond donors (Lipinski definition) is 1. The van der Waals surface area contributed by atoms with Gasteiger partial charge in [0.2, 0.25) is 5.88 Å². The lowest BCUT2D eigenvalue weighted by Gasteiger charge is -2.11. The largest absolute Gasteiger partial charge is 0.478 e. The number of aryl methyl sites for hydroxylation is 1. The normalized spacial score (nSPS) is 10.8. The summed E-state index contributed by atoms with van der Waals surface area (Å²) in [5.74, 6) is 3.09. The van der Waals surface area contributed by atoms with Crippen LogP contribution < -0.4 is 10.1 Å². The van der Waals surface area contributed by atoms with Crippen molar-refractivity contribution in [3.05, 3.63) is 11.9 Å². The summed E-state index contributed by atoms with van der Waals surface area (Å²) < 4.78 is 5.67. The van der Waals surface area contributed by atoms with Gasteiger partial charge >= 0.3 is 0 Å². The molecule has 0 aliphatic heterocycles. The van der Waals surface area contributed by atoms with Crippen LogP contribution in [0.2, 0.25) is 0 Å². The highest BCUT2D eigenvalue weighted by Gasteiger charge is 2.04. The molecular weight excluding hydrogens is 238 g/mol. The Morgan fingerprint density at radius 3 is 2.68 bits per heavy atom. The minimum Gasteiger partial charge on any atom is -0.478 e.